The molecule has 2 nitrogen and oxygen atoms in total. The Hall–Kier alpha value is -0.150. The van der Waals surface area contributed by atoms with Gasteiger partial charge in [-0.2, -0.15) is 4.37 Å². The van der Waals surface area contributed by atoms with Crippen LogP contribution in [0.1, 0.15) is 57.3 Å². The standard InChI is InChI=1S/C11H19ClN2S/c1-6(2)9(8(5)12)11-13-10(7(3)4)14-15-11/h6-9H,1-5H3. The Morgan fingerprint density at radius 3 is 2.07 bits per heavy atom. The van der Waals surface area contributed by atoms with E-state index in [9.17, 15) is 0 Å². The first-order valence-corrected chi connectivity index (χ1v) is 6.62. The summed E-state index contributed by atoms with van der Waals surface area (Å²) in [7, 11) is 0. The second-order valence-electron chi connectivity index (χ2n) is 4.59. The highest BCUT2D eigenvalue weighted by Gasteiger charge is 2.25. The summed E-state index contributed by atoms with van der Waals surface area (Å²) in [4.78, 5) is 4.58. The van der Waals surface area contributed by atoms with E-state index in [2.05, 4.69) is 37.1 Å². The zero-order valence-corrected chi connectivity index (χ0v) is 11.6. The van der Waals surface area contributed by atoms with E-state index >= 15 is 0 Å². The highest BCUT2D eigenvalue weighted by atomic mass is 35.5. The van der Waals surface area contributed by atoms with Crippen LogP contribution in [-0.2, 0) is 0 Å². The van der Waals surface area contributed by atoms with Crippen LogP contribution in [0.3, 0.4) is 0 Å². The summed E-state index contributed by atoms with van der Waals surface area (Å²) < 4.78 is 4.37. The van der Waals surface area contributed by atoms with E-state index in [1.807, 2.05) is 6.92 Å². The number of nitrogens with zero attached hydrogens (tertiary/aromatic N) is 2. The number of rotatable bonds is 4. The first kappa shape index (κ1) is 12.9. The molecule has 0 fully saturated rings. The molecule has 0 bridgehead atoms. The molecule has 2 unspecified atom stereocenters. The van der Waals surface area contributed by atoms with E-state index < -0.39 is 0 Å². The number of halogens is 1. The van der Waals surface area contributed by atoms with Gasteiger partial charge in [0.1, 0.15) is 10.8 Å². The van der Waals surface area contributed by atoms with Crippen LogP contribution in [0.15, 0.2) is 0 Å². The number of hydrogen-bond acceptors (Lipinski definition) is 3. The van der Waals surface area contributed by atoms with Crippen LogP contribution in [0.25, 0.3) is 0 Å². The number of alkyl halides is 1. The van der Waals surface area contributed by atoms with Crippen LogP contribution >= 0.6 is 23.1 Å². The Labute approximate surface area is 101 Å². The molecule has 0 aromatic carbocycles. The molecule has 15 heavy (non-hydrogen) atoms. The summed E-state index contributed by atoms with van der Waals surface area (Å²) in [6, 6.07) is 0. The third-order valence-corrected chi connectivity index (χ3v) is 3.57. The predicted octanol–water partition coefficient (Wildman–Crippen LogP) is 4.03. The van der Waals surface area contributed by atoms with Crippen LogP contribution in [-0.4, -0.2) is 14.7 Å². The molecular weight excluding hydrogens is 228 g/mol. The maximum Gasteiger partial charge on any atom is 0.145 e. The van der Waals surface area contributed by atoms with Crippen LogP contribution in [0, 0.1) is 5.92 Å². The fourth-order valence-electron chi connectivity index (χ4n) is 1.63. The van der Waals surface area contributed by atoms with Crippen molar-refractivity contribution in [1.82, 2.24) is 9.36 Å². The Morgan fingerprint density at radius 1 is 1.13 bits per heavy atom. The van der Waals surface area contributed by atoms with Crippen LogP contribution in [0.5, 0.6) is 0 Å². The Bertz CT molecular complexity index is 299. The van der Waals surface area contributed by atoms with E-state index in [0.29, 0.717) is 17.8 Å². The van der Waals surface area contributed by atoms with Gasteiger partial charge in [-0.1, -0.05) is 27.7 Å². The lowest BCUT2D eigenvalue weighted by atomic mass is 9.93. The maximum absolute atomic E-state index is 6.20. The molecule has 0 saturated heterocycles. The molecule has 0 aliphatic rings. The van der Waals surface area contributed by atoms with Crippen molar-refractivity contribution in [2.24, 2.45) is 5.92 Å². The van der Waals surface area contributed by atoms with Crippen LogP contribution in [0.4, 0.5) is 0 Å². The lowest BCUT2D eigenvalue weighted by Gasteiger charge is -2.20. The molecule has 0 spiro atoms. The normalized spacial score (nSPS) is 16.0. The second kappa shape index (κ2) is 5.26. The van der Waals surface area contributed by atoms with Gasteiger partial charge in [0.2, 0.25) is 0 Å². The summed E-state index contributed by atoms with van der Waals surface area (Å²) in [6.45, 7) is 10.6. The molecule has 1 aromatic heterocycles. The molecular formula is C11H19ClN2S. The molecule has 0 aliphatic heterocycles. The van der Waals surface area contributed by atoms with Crippen molar-refractivity contribution < 1.29 is 0 Å². The summed E-state index contributed by atoms with van der Waals surface area (Å²) in [5.74, 6) is 2.16. The third kappa shape index (κ3) is 3.15. The van der Waals surface area contributed by atoms with Gasteiger partial charge in [-0.3, -0.25) is 0 Å². The Kier molecular flexibility index (Phi) is 4.53. The molecule has 0 amide bonds. The van der Waals surface area contributed by atoms with Crippen molar-refractivity contribution in [2.45, 2.75) is 51.8 Å². The van der Waals surface area contributed by atoms with E-state index in [0.717, 1.165) is 10.8 Å². The topological polar surface area (TPSA) is 25.8 Å². The van der Waals surface area contributed by atoms with Gasteiger partial charge >= 0.3 is 0 Å². The minimum absolute atomic E-state index is 0.109. The van der Waals surface area contributed by atoms with Gasteiger partial charge < -0.3 is 0 Å². The first-order chi connectivity index (χ1) is 6.93. The summed E-state index contributed by atoms with van der Waals surface area (Å²) >= 11 is 7.70. The van der Waals surface area contributed by atoms with Gasteiger partial charge in [0.15, 0.2) is 0 Å². The zero-order valence-electron chi connectivity index (χ0n) is 9.99. The molecule has 1 aromatic rings. The smallest absolute Gasteiger partial charge is 0.145 e. The molecule has 4 heteroatoms. The summed E-state index contributed by atoms with van der Waals surface area (Å²) in [5, 5.41) is 1.19. The minimum Gasteiger partial charge on any atom is -0.224 e. The average Bonchev–Trinajstić information content (AvgIpc) is 2.51. The molecule has 0 radical (unpaired) electrons. The van der Waals surface area contributed by atoms with Crippen molar-refractivity contribution in [2.75, 3.05) is 0 Å². The molecule has 1 rings (SSSR count). The molecule has 0 saturated carbocycles. The lowest BCUT2D eigenvalue weighted by molar-refractivity contribution is 0.487. The third-order valence-electron chi connectivity index (χ3n) is 2.47. The molecule has 86 valence electrons. The Morgan fingerprint density at radius 2 is 1.73 bits per heavy atom. The Balaban J connectivity index is 2.92. The monoisotopic (exact) mass is 246 g/mol. The predicted molar refractivity (Wildman–Crippen MR) is 66.9 cm³/mol. The quantitative estimate of drug-likeness (QED) is 0.750. The SMILES string of the molecule is CC(C)c1nsc(C(C(C)C)C(C)Cl)n1. The fraction of sp³-hybridized carbons (Fsp3) is 0.818. The maximum atomic E-state index is 6.20. The second-order valence-corrected chi connectivity index (χ2v) is 6.06. The summed E-state index contributed by atoms with van der Waals surface area (Å²) in [6.07, 6.45) is 0. The van der Waals surface area contributed by atoms with Gasteiger partial charge in [-0.25, -0.2) is 4.98 Å². The van der Waals surface area contributed by atoms with Crippen molar-refractivity contribution in [3.63, 3.8) is 0 Å². The number of aromatic nitrogens is 2. The van der Waals surface area contributed by atoms with Gasteiger partial charge in [-0.05, 0) is 24.4 Å². The fourth-order valence-corrected chi connectivity index (χ4v) is 3.29. The van der Waals surface area contributed by atoms with Gasteiger partial charge in [0.25, 0.3) is 0 Å². The molecule has 0 N–H and O–H groups in total. The van der Waals surface area contributed by atoms with Crippen molar-refractivity contribution in [1.29, 1.82) is 0 Å². The van der Waals surface area contributed by atoms with E-state index in [-0.39, 0.29) is 5.38 Å². The van der Waals surface area contributed by atoms with Crippen molar-refractivity contribution in [3.05, 3.63) is 10.8 Å². The largest absolute Gasteiger partial charge is 0.224 e. The highest BCUT2D eigenvalue weighted by Crippen LogP contribution is 2.32. The van der Waals surface area contributed by atoms with Gasteiger partial charge in [0.05, 0.1) is 0 Å². The van der Waals surface area contributed by atoms with Crippen molar-refractivity contribution >= 4 is 23.1 Å². The molecule has 1 heterocycles. The lowest BCUT2D eigenvalue weighted by Crippen LogP contribution is -2.15. The zero-order chi connectivity index (χ0) is 11.6. The van der Waals surface area contributed by atoms with Crippen molar-refractivity contribution in [3.8, 4) is 0 Å². The van der Waals surface area contributed by atoms with E-state index in [1.165, 1.54) is 11.5 Å². The average molecular weight is 247 g/mol. The highest BCUT2D eigenvalue weighted by molar-refractivity contribution is 7.05. The van der Waals surface area contributed by atoms with E-state index in [1.54, 1.807) is 0 Å². The van der Waals surface area contributed by atoms with Gasteiger partial charge in [0, 0.05) is 17.2 Å². The summed E-state index contributed by atoms with van der Waals surface area (Å²) in [5.41, 5.74) is 0. The van der Waals surface area contributed by atoms with E-state index in [4.69, 9.17) is 11.6 Å². The van der Waals surface area contributed by atoms with Crippen LogP contribution < -0.4 is 0 Å². The van der Waals surface area contributed by atoms with Crippen LogP contribution in [0.2, 0.25) is 0 Å². The number of hydrogen-bond donors (Lipinski definition) is 0. The molecule has 2 atom stereocenters. The van der Waals surface area contributed by atoms with Gasteiger partial charge in [-0.15, -0.1) is 11.6 Å². The first-order valence-electron chi connectivity index (χ1n) is 5.41. The molecule has 0 aliphatic carbocycles. The minimum atomic E-state index is 0.109.